The van der Waals surface area contributed by atoms with Gasteiger partial charge in [0.05, 0.1) is 22.3 Å². The number of nitrogens with zero attached hydrogens (tertiary/aromatic N) is 3. The number of aryl methyl sites for hydroxylation is 1. The molecule has 0 aliphatic carbocycles. The molecule has 0 atom stereocenters. The normalized spacial score (nSPS) is 14.0. The molecule has 4 nitrogen and oxygen atoms in total. The van der Waals surface area contributed by atoms with Gasteiger partial charge < -0.3 is 5.11 Å². The third-order valence-electron chi connectivity index (χ3n) is 12.6. The summed E-state index contributed by atoms with van der Waals surface area (Å²) >= 11 is 0. The number of pyridine rings is 1. The van der Waals surface area contributed by atoms with Crippen LogP contribution in [-0.4, -0.2) is 19.6 Å². The zero-order chi connectivity index (χ0) is 51.7. The molecule has 0 spiro atoms. The van der Waals surface area contributed by atoms with Gasteiger partial charge in [-0.1, -0.05) is 171 Å². The average molecular weight is 870 g/mol. The number of aromatic nitrogens is 3. The topological polar surface area (TPSA) is 50.9 Å². The molecule has 9 rings (SSSR count). The minimum atomic E-state index is -2.20. The van der Waals surface area contributed by atoms with Gasteiger partial charge in [-0.05, 0) is 146 Å². The van der Waals surface area contributed by atoms with E-state index >= 15 is 0 Å². The molecule has 0 bridgehead atoms. The Hall–Kier alpha value is -7.04. The summed E-state index contributed by atoms with van der Waals surface area (Å²) in [6.07, 6.45) is 1.77. The van der Waals surface area contributed by atoms with E-state index in [2.05, 4.69) is 98.1 Å². The highest BCUT2D eigenvalue weighted by Gasteiger charge is 2.26. The molecule has 4 heteroatoms. The molecule has 7 aromatic carbocycles. The molecule has 0 saturated carbocycles. The minimum absolute atomic E-state index is 0.0785. The second kappa shape index (κ2) is 17.7. The number of fused-ring (bicyclic) bond motifs is 1. The summed E-state index contributed by atoms with van der Waals surface area (Å²) in [4.78, 5) is 10.4. The first-order valence-electron chi connectivity index (χ1n) is 25.7. The maximum atomic E-state index is 12.4. The molecule has 0 aliphatic heterocycles. The van der Waals surface area contributed by atoms with Gasteiger partial charge in [0.25, 0.3) is 0 Å². The van der Waals surface area contributed by atoms with E-state index in [0.717, 1.165) is 72.5 Å². The van der Waals surface area contributed by atoms with Gasteiger partial charge >= 0.3 is 0 Å². The average Bonchev–Trinajstić information content (AvgIpc) is 3.72. The maximum absolute atomic E-state index is 12.4. The van der Waals surface area contributed by atoms with Crippen LogP contribution in [-0.2, 0) is 5.41 Å². The molecule has 9 aromatic rings. The highest BCUT2D eigenvalue weighted by molar-refractivity contribution is 5.98. The summed E-state index contributed by atoms with van der Waals surface area (Å²) in [7, 11) is 0. The predicted octanol–water partition coefficient (Wildman–Crippen LogP) is 17.1. The van der Waals surface area contributed by atoms with E-state index in [1.165, 1.54) is 5.56 Å². The number of phenolic OH excluding ortho intramolecular Hbond substituents is 1. The Kier molecular flexibility index (Phi) is 10.0. The zero-order valence-corrected chi connectivity index (χ0v) is 39.4. The van der Waals surface area contributed by atoms with Gasteiger partial charge in [0.1, 0.15) is 11.6 Å². The molecule has 330 valence electrons. The van der Waals surface area contributed by atoms with Gasteiger partial charge in [0.2, 0.25) is 0 Å². The molecule has 0 unspecified atom stereocenters. The fraction of sp³-hybridized carbons (Fsp3) is 0.226. The first-order valence-corrected chi connectivity index (χ1v) is 22.7. The molecule has 66 heavy (non-hydrogen) atoms. The summed E-state index contributed by atoms with van der Waals surface area (Å²) in [5.74, 6) is -2.96. The number of aromatic hydroxyl groups is 1. The van der Waals surface area contributed by atoms with Crippen LogP contribution >= 0.6 is 0 Å². The number of rotatable bonds is 10. The standard InChI is InChI=1S/C62H61N3O/c1-38(2)45-34-54(40(5)6)60(66)55(35-45)61-64-59-50(20-16-22-58(59)65(61)49-27-28-51(53(37-49)39(3)4)52-19-14-15-21-56(52)62(8,9)10)47-31-46(42-17-12-11-13-18-42)32-48(33-47)57-36-44(29-30-63-57)43-25-23-41(7)24-26-43/h11-40,66H,1-10H3/i7D3,38D,39D,40D. The number of hydrogen-bond donors (Lipinski definition) is 1. The van der Waals surface area contributed by atoms with Crippen LogP contribution in [0, 0.1) is 6.85 Å². The lowest BCUT2D eigenvalue weighted by Crippen LogP contribution is -2.13. The van der Waals surface area contributed by atoms with Crippen molar-refractivity contribution in [3.05, 3.63) is 192 Å². The Bertz CT molecular complexity index is 3490. The second-order valence-electron chi connectivity index (χ2n) is 19.1. The summed E-state index contributed by atoms with van der Waals surface area (Å²) in [6.45, 7) is 15.3. The Balaban J connectivity index is 1.32. The molecule has 1 N–H and O–H groups in total. The number of imidazole rings is 1. The van der Waals surface area contributed by atoms with E-state index in [9.17, 15) is 9.22 Å². The monoisotopic (exact) mass is 870 g/mol. The highest BCUT2D eigenvalue weighted by Crippen LogP contribution is 2.45. The van der Waals surface area contributed by atoms with Crippen LogP contribution < -0.4 is 0 Å². The van der Waals surface area contributed by atoms with E-state index in [0.29, 0.717) is 28.0 Å². The molecule has 0 amide bonds. The van der Waals surface area contributed by atoms with Crippen LogP contribution in [0.2, 0.25) is 0 Å². The van der Waals surface area contributed by atoms with Crippen LogP contribution in [0.3, 0.4) is 0 Å². The van der Waals surface area contributed by atoms with Crippen molar-refractivity contribution in [1.82, 2.24) is 14.5 Å². The van der Waals surface area contributed by atoms with Crippen molar-refractivity contribution in [3.8, 4) is 78.6 Å². The third kappa shape index (κ3) is 8.49. The van der Waals surface area contributed by atoms with E-state index < -0.39 is 24.5 Å². The van der Waals surface area contributed by atoms with Crippen LogP contribution in [0.15, 0.2) is 164 Å². The third-order valence-corrected chi connectivity index (χ3v) is 12.6. The van der Waals surface area contributed by atoms with Gasteiger partial charge in [-0.25, -0.2) is 4.98 Å². The van der Waals surface area contributed by atoms with Crippen molar-refractivity contribution in [2.75, 3.05) is 0 Å². The Labute approximate surface area is 400 Å². The van der Waals surface area contributed by atoms with Crippen LogP contribution in [0.5, 0.6) is 5.75 Å². The molecule has 0 aliphatic rings. The van der Waals surface area contributed by atoms with Gasteiger partial charge in [-0.3, -0.25) is 9.55 Å². The van der Waals surface area contributed by atoms with Crippen molar-refractivity contribution < 1.29 is 13.3 Å². The van der Waals surface area contributed by atoms with Crippen LogP contribution in [0.25, 0.3) is 83.9 Å². The van der Waals surface area contributed by atoms with Gasteiger partial charge in [-0.2, -0.15) is 0 Å². The van der Waals surface area contributed by atoms with Crippen molar-refractivity contribution >= 4 is 11.0 Å². The Morgan fingerprint density at radius 2 is 1.23 bits per heavy atom. The smallest absolute Gasteiger partial charge is 0.149 e. The molecule has 0 radical (unpaired) electrons. The summed E-state index contributed by atoms with van der Waals surface area (Å²) in [5, 5.41) is 12.4. The molecular formula is C62H61N3O. The first-order chi connectivity index (χ1) is 33.8. The summed E-state index contributed by atoms with van der Waals surface area (Å²) < 4.78 is 53.7. The Morgan fingerprint density at radius 1 is 0.545 bits per heavy atom. The van der Waals surface area contributed by atoms with Crippen LogP contribution in [0.1, 0.15) is 116 Å². The lowest BCUT2D eigenvalue weighted by molar-refractivity contribution is 0.466. The van der Waals surface area contributed by atoms with Crippen molar-refractivity contribution in [1.29, 1.82) is 0 Å². The number of para-hydroxylation sites is 1. The van der Waals surface area contributed by atoms with Gasteiger partial charge in [-0.15, -0.1) is 0 Å². The van der Waals surface area contributed by atoms with E-state index in [1.54, 1.807) is 52.1 Å². The highest BCUT2D eigenvalue weighted by atomic mass is 16.3. The lowest BCUT2D eigenvalue weighted by atomic mass is 9.80. The molecular weight excluding hydrogens is 803 g/mol. The number of hydrogen-bond acceptors (Lipinski definition) is 3. The number of benzene rings is 7. The molecule has 0 fully saturated rings. The van der Waals surface area contributed by atoms with Gasteiger partial charge in [0.15, 0.2) is 0 Å². The molecule has 2 aromatic heterocycles. The van der Waals surface area contributed by atoms with Crippen molar-refractivity contribution in [2.24, 2.45) is 0 Å². The summed E-state index contributed by atoms with van der Waals surface area (Å²) in [5.41, 5.74) is 14.8. The van der Waals surface area contributed by atoms with Crippen molar-refractivity contribution in [2.45, 2.75) is 92.3 Å². The molecule has 0 saturated heterocycles. The fourth-order valence-corrected chi connectivity index (χ4v) is 9.10. The van der Waals surface area contributed by atoms with Crippen LogP contribution in [0.4, 0.5) is 0 Å². The number of phenols is 1. The first kappa shape index (κ1) is 37.2. The zero-order valence-electron chi connectivity index (χ0n) is 45.4. The largest absolute Gasteiger partial charge is 0.507 e. The molecule has 2 heterocycles. The van der Waals surface area contributed by atoms with E-state index in [-0.39, 0.29) is 16.7 Å². The second-order valence-corrected chi connectivity index (χ2v) is 19.1. The maximum Gasteiger partial charge on any atom is 0.149 e. The van der Waals surface area contributed by atoms with Crippen molar-refractivity contribution in [3.63, 3.8) is 0 Å². The minimum Gasteiger partial charge on any atom is -0.507 e. The lowest BCUT2D eigenvalue weighted by Gasteiger charge is -2.25. The van der Waals surface area contributed by atoms with E-state index in [1.807, 2.05) is 80.6 Å². The van der Waals surface area contributed by atoms with Gasteiger partial charge in [0, 0.05) is 31.2 Å². The Morgan fingerprint density at radius 3 is 1.94 bits per heavy atom. The van der Waals surface area contributed by atoms with E-state index in [4.69, 9.17) is 14.1 Å². The quantitative estimate of drug-likeness (QED) is 0.149. The predicted molar refractivity (Wildman–Crippen MR) is 279 cm³/mol. The SMILES string of the molecule is [2H]C([2H])([2H])c1ccc(-c2ccnc(-c3cc(-c4ccccc4)cc(-c4cccc5c4nc(-c4cc(C([2H])(C)C)cc(C([2H])(C)C)c4O)n5-c4ccc(-c5ccccc5C(C)(C)C)c(C([2H])(C)C)c4)c3)c2)cc1. The summed E-state index contributed by atoms with van der Waals surface area (Å²) in [6, 6.07) is 51.9. The fourth-order valence-electron chi connectivity index (χ4n) is 9.10.